The fourth-order valence-electron chi connectivity index (χ4n) is 1.13. The molecule has 13 heavy (non-hydrogen) atoms. The second-order valence-electron chi connectivity index (χ2n) is 2.72. The molecule has 4 heteroatoms. The zero-order valence-electron chi connectivity index (χ0n) is 7.41. The average Bonchev–Trinajstić information content (AvgIpc) is 2.03. The van der Waals surface area contributed by atoms with Crippen molar-refractivity contribution in [3.63, 3.8) is 0 Å². The number of benzene rings is 1. The first-order valence-corrected chi connectivity index (χ1v) is 3.74. The fourth-order valence-corrected chi connectivity index (χ4v) is 1.13. The number of aryl methyl sites for hydroxylation is 1. The SMILES string of the molecule is Cc1cc(CN)ccc1C(N)=O.Cl. The van der Waals surface area contributed by atoms with Crippen molar-refractivity contribution in [3.05, 3.63) is 34.9 Å². The van der Waals surface area contributed by atoms with Crippen molar-refractivity contribution in [2.24, 2.45) is 11.5 Å². The fraction of sp³-hybridized carbons (Fsp3) is 0.222. The van der Waals surface area contributed by atoms with E-state index in [0.29, 0.717) is 12.1 Å². The van der Waals surface area contributed by atoms with Gasteiger partial charge in [-0.15, -0.1) is 12.4 Å². The number of amides is 1. The van der Waals surface area contributed by atoms with Crippen LogP contribution in [0, 0.1) is 6.92 Å². The number of halogens is 1. The Balaban J connectivity index is 0.00000144. The minimum atomic E-state index is -0.393. The summed E-state index contributed by atoms with van der Waals surface area (Å²) in [5, 5.41) is 0. The van der Waals surface area contributed by atoms with Gasteiger partial charge in [0, 0.05) is 12.1 Å². The van der Waals surface area contributed by atoms with Crippen molar-refractivity contribution in [2.75, 3.05) is 0 Å². The topological polar surface area (TPSA) is 69.1 Å². The van der Waals surface area contributed by atoms with Gasteiger partial charge in [-0.3, -0.25) is 4.79 Å². The van der Waals surface area contributed by atoms with Crippen LogP contribution in [-0.2, 0) is 6.54 Å². The third-order valence-electron chi connectivity index (χ3n) is 1.79. The number of rotatable bonds is 2. The van der Waals surface area contributed by atoms with Gasteiger partial charge in [0.05, 0.1) is 0 Å². The molecule has 0 saturated heterocycles. The molecule has 3 nitrogen and oxygen atoms in total. The highest BCUT2D eigenvalue weighted by Gasteiger charge is 2.03. The van der Waals surface area contributed by atoms with Crippen LogP contribution in [0.3, 0.4) is 0 Å². The lowest BCUT2D eigenvalue weighted by molar-refractivity contribution is 0.0999. The van der Waals surface area contributed by atoms with Crippen LogP contribution in [-0.4, -0.2) is 5.91 Å². The highest BCUT2D eigenvalue weighted by molar-refractivity contribution is 5.94. The Kier molecular flexibility index (Phi) is 4.45. The van der Waals surface area contributed by atoms with Gasteiger partial charge < -0.3 is 11.5 Å². The average molecular weight is 201 g/mol. The molecule has 0 unspecified atom stereocenters. The van der Waals surface area contributed by atoms with E-state index in [2.05, 4.69) is 0 Å². The lowest BCUT2D eigenvalue weighted by Gasteiger charge is -2.03. The van der Waals surface area contributed by atoms with E-state index in [4.69, 9.17) is 11.5 Å². The van der Waals surface area contributed by atoms with E-state index in [1.807, 2.05) is 19.1 Å². The molecule has 0 bridgehead atoms. The normalized spacial score (nSPS) is 9.08. The predicted molar refractivity (Wildman–Crippen MR) is 54.8 cm³/mol. The van der Waals surface area contributed by atoms with Crippen molar-refractivity contribution in [3.8, 4) is 0 Å². The molecule has 1 aromatic rings. The Morgan fingerprint density at radius 2 is 2.08 bits per heavy atom. The van der Waals surface area contributed by atoms with Crippen LogP contribution in [0.25, 0.3) is 0 Å². The predicted octanol–water partition coefficient (Wildman–Crippen LogP) is 0.974. The van der Waals surface area contributed by atoms with Gasteiger partial charge in [0.1, 0.15) is 0 Å². The van der Waals surface area contributed by atoms with Crippen LogP contribution in [0.4, 0.5) is 0 Å². The molecule has 0 aromatic heterocycles. The second kappa shape index (κ2) is 4.84. The number of hydrogen-bond donors (Lipinski definition) is 2. The number of primary amides is 1. The third kappa shape index (κ3) is 2.72. The van der Waals surface area contributed by atoms with Gasteiger partial charge >= 0.3 is 0 Å². The number of carbonyl (C=O) groups excluding carboxylic acids is 1. The maximum Gasteiger partial charge on any atom is 0.248 e. The lowest BCUT2D eigenvalue weighted by Crippen LogP contribution is -2.13. The molecule has 0 radical (unpaired) electrons. The summed E-state index contributed by atoms with van der Waals surface area (Å²) < 4.78 is 0. The highest BCUT2D eigenvalue weighted by Crippen LogP contribution is 2.09. The molecular weight excluding hydrogens is 188 g/mol. The molecule has 0 aliphatic rings. The molecule has 0 fully saturated rings. The first-order valence-electron chi connectivity index (χ1n) is 3.74. The summed E-state index contributed by atoms with van der Waals surface area (Å²) >= 11 is 0. The molecule has 1 aromatic carbocycles. The number of hydrogen-bond acceptors (Lipinski definition) is 2. The minimum Gasteiger partial charge on any atom is -0.366 e. The molecule has 0 aliphatic heterocycles. The summed E-state index contributed by atoms with van der Waals surface area (Å²) in [5.41, 5.74) is 13.0. The van der Waals surface area contributed by atoms with E-state index >= 15 is 0 Å². The molecular formula is C9H13ClN2O. The summed E-state index contributed by atoms with van der Waals surface area (Å²) in [6, 6.07) is 5.40. The van der Waals surface area contributed by atoms with Crippen molar-refractivity contribution >= 4 is 18.3 Å². The lowest BCUT2D eigenvalue weighted by atomic mass is 10.0. The Bertz CT molecular complexity index is 312. The van der Waals surface area contributed by atoms with Crippen LogP contribution in [0.2, 0.25) is 0 Å². The molecule has 0 aliphatic carbocycles. The van der Waals surface area contributed by atoms with Gasteiger partial charge in [0.2, 0.25) is 5.91 Å². The summed E-state index contributed by atoms with van der Waals surface area (Å²) in [4.78, 5) is 10.8. The van der Waals surface area contributed by atoms with Gasteiger partial charge in [-0.2, -0.15) is 0 Å². The molecule has 1 rings (SSSR count). The molecule has 4 N–H and O–H groups in total. The molecule has 72 valence electrons. The summed E-state index contributed by atoms with van der Waals surface area (Å²) in [5.74, 6) is -0.393. The Hall–Kier alpha value is -1.06. The third-order valence-corrected chi connectivity index (χ3v) is 1.79. The van der Waals surface area contributed by atoms with Gasteiger partial charge in [-0.05, 0) is 24.1 Å². The number of carbonyl (C=O) groups is 1. The van der Waals surface area contributed by atoms with E-state index in [9.17, 15) is 4.79 Å². The molecule has 0 heterocycles. The van der Waals surface area contributed by atoms with Crippen LogP contribution in [0.1, 0.15) is 21.5 Å². The Morgan fingerprint density at radius 3 is 2.46 bits per heavy atom. The largest absolute Gasteiger partial charge is 0.366 e. The Morgan fingerprint density at radius 1 is 1.46 bits per heavy atom. The molecule has 1 amide bonds. The van der Waals surface area contributed by atoms with Crippen LogP contribution in [0.5, 0.6) is 0 Å². The van der Waals surface area contributed by atoms with Gasteiger partial charge in [-0.25, -0.2) is 0 Å². The molecule has 0 saturated carbocycles. The van der Waals surface area contributed by atoms with E-state index in [1.54, 1.807) is 6.07 Å². The maximum absolute atomic E-state index is 10.8. The smallest absolute Gasteiger partial charge is 0.248 e. The first-order chi connectivity index (χ1) is 5.65. The van der Waals surface area contributed by atoms with Gasteiger partial charge in [0.15, 0.2) is 0 Å². The van der Waals surface area contributed by atoms with Crippen molar-refractivity contribution in [1.82, 2.24) is 0 Å². The van der Waals surface area contributed by atoms with Crippen molar-refractivity contribution in [1.29, 1.82) is 0 Å². The van der Waals surface area contributed by atoms with E-state index in [-0.39, 0.29) is 12.4 Å². The van der Waals surface area contributed by atoms with Crippen molar-refractivity contribution < 1.29 is 4.79 Å². The maximum atomic E-state index is 10.8. The van der Waals surface area contributed by atoms with E-state index in [1.165, 1.54) is 0 Å². The minimum absolute atomic E-state index is 0. The zero-order chi connectivity index (χ0) is 9.14. The monoisotopic (exact) mass is 200 g/mol. The van der Waals surface area contributed by atoms with Crippen LogP contribution < -0.4 is 11.5 Å². The standard InChI is InChI=1S/C9H12N2O.ClH/c1-6-4-7(5-10)2-3-8(6)9(11)12;/h2-4H,5,10H2,1H3,(H2,11,12);1H. The van der Waals surface area contributed by atoms with Crippen LogP contribution in [0.15, 0.2) is 18.2 Å². The molecule has 0 atom stereocenters. The van der Waals surface area contributed by atoms with Crippen LogP contribution >= 0.6 is 12.4 Å². The zero-order valence-corrected chi connectivity index (χ0v) is 8.23. The number of nitrogens with two attached hydrogens (primary N) is 2. The summed E-state index contributed by atoms with van der Waals surface area (Å²) in [6.07, 6.45) is 0. The quantitative estimate of drug-likeness (QED) is 0.747. The second-order valence-corrected chi connectivity index (χ2v) is 2.72. The Labute approximate surface area is 83.5 Å². The summed E-state index contributed by atoms with van der Waals surface area (Å²) in [6.45, 7) is 2.33. The highest BCUT2D eigenvalue weighted by atomic mass is 35.5. The molecule has 0 spiro atoms. The van der Waals surface area contributed by atoms with Gasteiger partial charge in [-0.1, -0.05) is 12.1 Å². The van der Waals surface area contributed by atoms with E-state index < -0.39 is 5.91 Å². The summed E-state index contributed by atoms with van der Waals surface area (Å²) in [7, 11) is 0. The van der Waals surface area contributed by atoms with E-state index in [0.717, 1.165) is 11.1 Å². The first kappa shape index (κ1) is 11.9. The van der Waals surface area contributed by atoms with Crippen molar-refractivity contribution in [2.45, 2.75) is 13.5 Å². The van der Waals surface area contributed by atoms with Gasteiger partial charge in [0.25, 0.3) is 0 Å².